The van der Waals surface area contributed by atoms with Crippen LogP contribution in [0.2, 0.25) is 5.02 Å². The van der Waals surface area contributed by atoms with E-state index in [1.165, 1.54) is 12.1 Å². The van der Waals surface area contributed by atoms with Crippen LogP contribution in [0.3, 0.4) is 0 Å². The highest BCUT2D eigenvalue weighted by molar-refractivity contribution is 6.31. The average molecular weight is 244 g/mol. The van der Waals surface area contributed by atoms with E-state index in [1.54, 1.807) is 6.07 Å². The monoisotopic (exact) mass is 243 g/mol. The standard InChI is InChI=1S/C11H15ClFN3/c1-11(2,6-16-10(14)15)8-4-3-7(13)5-9(8)12/h3-5H,6H2,1-2H3,(H4,14,15,16). The molecule has 0 saturated heterocycles. The molecule has 0 atom stereocenters. The zero-order valence-corrected chi connectivity index (χ0v) is 10.1. The third-order valence-electron chi connectivity index (χ3n) is 2.32. The van der Waals surface area contributed by atoms with Gasteiger partial charge < -0.3 is 11.5 Å². The lowest BCUT2D eigenvalue weighted by Crippen LogP contribution is -2.28. The van der Waals surface area contributed by atoms with Crippen molar-refractivity contribution in [3.8, 4) is 0 Å². The van der Waals surface area contributed by atoms with Gasteiger partial charge in [-0.1, -0.05) is 31.5 Å². The first-order valence-corrected chi connectivity index (χ1v) is 5.21. The summed E-state index contributed by atoms with van der Waals surface area (Å²) in [5.74, 6) is -0.322. The fourth-order valence-electron chi connectivity index (χ4n) is 1.41. The summed E-state index contributed by atoms with van der Waals surface area (Å²) in [7, 11) is 0. The number of halogens is 2. The van der Waals surface area contributed by atoms with Crippen LogP contribution in [0.1, 0.15) is 19.4 Å². The molecule has 0 aromatic heterocycles. The molecule has 5 heteroatoms. The van der Waals surface area contributed by atoms with Crippen LogP contribution < -0.4 is 11.5 Å². The Balaban J connectivity index is 3.02. The zero-order chi connectivity index (χ0) is 12.3. The predicted molar refractivity (Wildman–Crippen MR) is 65.1 cm³/mol. The Kier molecular flexibility index (Phi) is 3.75. The molecule has 0 fully saturated rings. The van der Waals surface area contributed by atoms with Crippen molar-refractivity contribution in [2.75, 3.05) is 6.54 Å². The maximum atomic E-state index is 12.9. The Hall–Kier alpha value is -1.29. The minimum Gasteiger partial charge on any atom is -0.370 e. The summed E-state index contributed by atoms with van der Waals surface area (Å²) >= 11 is 5.98. The minimum absolute atomic E-state index is 0.0336. The summed E-state index contributed by atoms with van der Waals surface area (Å²) in [5, 5.41) is 0.385. The van der Waals surface area contributed by atoms with E-state index in [9.17, 15) is 4.39 Å². The minimum atomic E-state index is -0.355. The first kappa shape index (κ1) is 12.8. The van der Waals surface area contributed by atoms with Crippen molar-refractivity contribution in [2.45, 2.75) is 19.3 Å². The van der Waals surface area contributed by atoms with Gasteiger partial charge in [-0.2, -0.15) is 0 Å². The third kappa shape index (κ3) is 3.10. The molecule has 0 spiro atoms. The number of nitrogens with two attached hydrogens (primary N) is 2. The van der Waals surface area contributed by atoms with Gasteiger partial charge in [0.25, 0.3) is 0 Å². The van der Waals surface area contributed by atoms with E-state index < -0.39 is 0 Å². The molecule has 0 saturated carbocycles. The normalized spacial score (nSPS) is 11.2. The van der Waals surface area contributed by atoms with Gasteiger partial charge in [-0.15, -0.1) is 0 Å². The number of aliphatic imine (C=N–C) groups is 1. The van der Waals surface area contributed by atoms with E-state index in [4.69, 9.17) is 23.1 Å². The van der Waals surface area contributed by atoms with Gasteiger partial charge in [-0.3, -0.25) is 4.99 Å². The molecular formula is C11H15ClFN3. The lowest BCUT2D eigenvalue weighted by molar-refractivity contribution is 0.537. The van der Waals surface area contributed by atoms with Crippen molar-refractivity contribution in [3.05, 3.63) is 34.6 Å². The van der Waals surface area contributed by atoms with Gasteiger partial charge in [0.15, 0.2) is 5.96 Å². The van der Waals surface area contributed by atoms with Gasteiger partial charge in [-0.25, -0.2) is 4.39 Å². The highest BCUT2D eigenvalue weighted by Gasteiger charge is 2.23. The molecule has 0 aliphatic rings. The van der Waals surface area contributed by atoms with E-state index >= 15 is 0 Å². The molecule has 0 aliphatic heterocycles. The second-order valence-corrected chi connectivity index (χ2v) is 4.66. The van der Waals surface area contributed by atoms with Crippen molar-refractivity contribution in [3.63, 3.8) is 0 Å². The van der Waals surface area contributed by atoms with Gasteiger partial charge >= 0.3 is 0 Å². The number of nitrogens with zero attached hydrogens (tertiary/aromatic N) is 1. The van der Waals surface area contributed by atoms with E-state index in [2.05, 4.69) is 4.99 Å². The molecule has 3 nitrogen and oxygen atoms in total. The van der Waals surface area contributed by atoms with Crippen molar-refractivity contribution in [1.82, 2.24) is 0 Å². The molecule has 0 radical (unpaired) electrons. The first-order chi connectivity index (χ1) is 7.33. The topological polar surface area (TPSA) is 64.4 Å². The molecule has 1 aromatic carbocycles. The molecular weight excluding hydrogens is 229 g/mol. The van der Waals surface area contributed by atoms with Gasteiger partial charge in [-0.05, 0) is 17.7 Å². The largest absolute Gasteiger partial charge is 0.370 e. The number of hydrogen-bond donors (Lipinski definition) is 2. The lowest BCUT2D eigenvalue weighted by atomic mass is 9.84. The Labute approximate surface area is 99.3 Å². The van der Waals surface area contributed by atoms with Gasteiger partial charge in [0.1, 0.15) is 5.82 Å². The Morgan fingerprint density at radius 3 is 2.56 bits per heavy atom. The first-order valence-electron chi connectivity index (χ1n) is 4.84. The quantitative estimate of drug-likeness (QED) is 0.630. The highest BCUT2D eigenvalue weighted by Crippen LogP contribution is 2.30. The molecule has 0 amide bonds. The Morgan fingerprint density at radius 1 is 1.44 bits per heavy atom. The second-order valence-electron chi connectivity index (χ2n) is 4.25. The van der Waals surface area contributed by atoms with Gasteiger partial charge in [0, 0.05) is 10.4 Å². The van der Waals surface area contributed by atoms with E-state index in [0.29, 0.717) is 11.6 Å². The summed E-state index contributed by atoms with van der Waals surface area (Å²) in [5.41, 5.74) is 11.0. The van der Waals surface area contributed by atoms with Gasteiger partial charge in [0.2, 0.25) is 0 Å². The van der Waals surface area contributed by atoms with E-state index in [0.717, 1.165) is 5.56 Å². The van der Waals surface area contributed by atoms with Gasteiger partial charge in [0.05, 0.1) is 6.54 Å². The molecule has 0 heterocycles. The fourth-order valence-corrected chi connectivity index (χ4v) is 1.84. The fraction of sp³-hybridized carbons (Fsp3) is 0.364. The van der Waals surface area contributed by atoms with Crippen LogP contribution in [0.5, 0.6) is 0 Å². The lowest BCUT2D eigenvalue weighted by Gasteiger charge is -2.24. The summed E-state index contributed by atoms with van der Waals surface area (Å²) < 4.78 is 12.9. The van der Waals surface area contributed by atoms with E-state index in [1.807, 2.05) is 13.8 Å². The molecule has 0 aliphatic carbocycles. The van der Waals surface area contributed by atoms with Crippen LogP contribution in [0, 0.1) is 5.82 Å². The maximum absolute atomic E-state index is 12.9. The summed E-state index contributed by atoms with van der Waals surface area (Å²) in [6, 6.07) is 4.31. The Bertz CT molecular complexity index is 412. The van der Waals surface area contributed by atoms with Crippen LogP contribution in [0.15, 0.2) is 23.2 Å². The number of guanidine groups is 1. The van der Waals surface area contributed by atoms with Crippen LogP contribution >= 0.6 is 11.6 Å². The van der Waals surface area contributed by atoms with Crippen molar-refractivity contribution in [2.24, 2.45) is 16.5 Å². The molecule has 0 bridgehead atoms. The van der Waals surface area contributed by atoms with Crippen LogP contribution in [0.25, 0.3) is 0 Å². The molecule has 0 unspecified atom stereocenters. The van der Waals surface area contributed by atoms with Crippen LogP contribution in [-0.2, 0) is 5.41 Å². The summed E-state index contributed by atoms with van der Waals surface area (Å²) in [6.07, 6.45) is 0. The second kappa shape index (κ2) is 4.70. The predicted octanol–water partition coefficient (Wildman–Crippen LogP) is 2.03. The zero-order valence-electron chi connectivity index (χ0n) is 9.30. The summed E-state index contributed by atoms with van der Waals surface area (Å²) in [4.78, 5) is 3.96. The molecule has 4 N–H and O–H groups in total. The molecule has 16 heavy (non-hydrogen) atoms. The Morgan fingerprint density at radius 2 is 2.06 bits per heavy atom. The number of rotatable bonds is 3. The van der Waals surface area contributed by atoms with E-state index in [-0.39, 0.29) is 17.2 Å². The molecule has 88 valence electrons. The van der Waals surface area contributed by atoms with Crippen molar-refractivity contribution < 1.29 is 4.39 Å². The molecule has 1 aromatic rings. The SMILES string of the molecule is CC(C)(CN=C(N)N)c1ccc(F)cc1Cl. The number of hydrogen-bond acceptors (Lipinski definition) is 1. The number of benzene rings is 1. The smallest absolute Gasteiger partial charge is 0.185 e. The van der Waals surface area contributed by atoms with Crippen molar-refractivity contribution >= 4 is 17.6 Å². The van der Waals surface area contributed by atoms with Crippen LogP contribution in [0.4, 0.5) is 4.39 Å². The molecule has 1 rings (SSSR count). The average Bonchev–Trinajstić information content (AvgIpc) is 2.14. The third-order valence-corrected chi connectivity index (χ3v) is 2.63. The van der Waals surface area contributed by atoms with Crippen LogP contribution in [-0.4, -0.2) is 12.5 Å². The maximum Gasteiger partial charge on any atom is 0.185 e. The summed E-state index contributed by atoms with van der Waals surface area (Å²) in [6.45, 7) is 4.29. The highest BCUT2D eigenvalue weighted by atomic mass is 35.5. The van der Waals surface area contributed by atoms with Crippen molar-refractivity contribution in [1.29, 1.82) is 0 Å².